The zero-order valence-electron chi connectivity index (χ0n) is 15.1. The Bertz CT molecular complexity index is 968. The van der Waals surface area contributed by atoms with E-state index in [-0.39, 0.29) is 12.3 Å². The van der Waals surface area contributed by atoms with Crippen LogP contribution in [0.1, 0.15) is 10.7 Å². The van der Waals surface area contributed by atoms with Gasteiger partial charge in [0.2, 0.25) is 0 Å². The van der Waals surface area contributed by atoms with E-state index in [9.17, 15) is 9.18 Å². The first-order valence-corrected chi connectivity index (χ1v) is 9.98. The molecule has 7 nitrogen and oxygen atoms in total. The minimum absolute atomic E-state index is 0.0993. The van der Waals surface area contributed by atoms with Crippen molar-refractivity contribution in [2.24, 2.45) is 0 Å². The van der Waals surface area contributed by atoms with Crippen molar-refractivity contribution in [2.75, 3.05) is 19.0 Å². The van der Waals surface area contributed by atoms with Gasteiger partial charge < -0.3 is 14.8 Å². The summed E-state index contributed by atoms with van der Waals surface area (Å²) in [6.45, 7) is 1.60. The maximum Gasteiger partial charge on any atom is 0.262 e. The van der Waals surface area contributed by atoms with Gasteiger partial charge in [-0.05, 0) is 19.1 Å². The van der Waals surface area contributed by atoms with Crippen molar-refractivity contribution in [1.29, 1.82) is 0 Å². The second kappa shape index (κ2) is 9.47. The number of nitrogens with one attached hydrogen (secondary N) is 1. The van der Waals surface area contributed by atoms with Gasteiger partial charge >= 0.3 is 0 Å². The number of amides is 1. The van der Waals surface area contributed by atoms with Crippen LogP contribution in [0.5, 0.6) is 11.5 Å². The number of halogens is 1. The van der Waals surface area contributed by atoms with Crippen molar-refractivity contribution in [3.63, 3.8) is 0 Å². The Balaban J connectivity index is 1.61. The van der Waals surface area contributed by atoms with Gasteiger partial charge in [0.15, 0.2) is 22.4 Å². The van der Waals surface area contributed by atoms with E-state index in [4.69, 9.17) is 9.47 Å². The first kappa shape index (κ1) is 20.0. The van der Waals surface area contributed by atoms with Gasteiger partial charge in [0.25, 0.3) is 5.91 Å². The standard InChI is InChI=1S/C18H17FN4O3S2/c1-11-22-23-18(28-11)27-10-12-7-15(16(25-2)8-20-12)26-9-17(24)21-14-6-4-3-5-13(14)19/h3-8H,9-10H2,1-2H3,(H,21,24). The Morgan fingerprint density at radius 2 is 2.11 bits per heavy atom. The zero-order valence-corrected chi connectivity index (χ0v) is 16.8. The predicted molar refractivity (Wildman–Crippen MR) is 106 cm³/mol. The molecule has 0 bridgehead atoms. The number of para-hydroxylation sites is 1. The third kappa shape index (κ3) is 5.40. The number of benzene rings is 1. The molecule has 0 radical (unpaired) electrons. The van der Waals surface area contributed by atoms with Crippen molar-refractivity contribution in [3.05, 3.63) is 53.0 Å². The number of hydrogen-bond acceptors (Lipinski definition) is 8. The Hall–Kier alpha value is -2.72. The highest BCUT2D eigenvalue weighted by atomic mass is 32.2. The lowest BCUT2D eigenvalue weighted by Gasteiger charge is -2.12. The smallest absolute Gasteiger partial charge is 0.262 e. The summed E-state index contributed by atoms with van der Waals surface area (Å²) in [4.78, 5) is 16.4. The number of pyridine rings is 1. The van der Waals surface area contributed by atoms with Crippen LogP contribution in [-0.2, 0) is 10.5 Å². The second-order valence-corrected chi connectivity index (χ2v) is 7.92. The van der Waals surface area contributed by atoms with Gasteiger partial charge in [0.1, 0.15) is 10.8 Å². The SMILES string of the molecule is COc1cnc(CSc2nnc(C)s2)cc1OCC(=O)Nc1ccccc1F. The molecule has 0 spiro atoms. The first-order valence-electron chi connectivity index (χ1n) is 8.18. The van der Waals surface area contributed by atoms with E-state index in [0.717, 1.165) is 15.0 Å². The number of methoxy groups -OCH3 is 1. The van der Waals surface area contributed by atoms with E-state index in [1.165, 1.54) is 48.5 Å². The molecule has 0 atom stereocenters. The summed E-state index contributed by atoms with van der Waals surface area (Å²) < 4.78 is 25.3. The maximum absolute atomic E-state index is 13.6. The second-order valence-electron chi connectivity index (χ2n) is 5.52. The Morgan fingerprint density at radius 3 is 2.82 bits per heavy atom. The van der Waals surface area contributed by atoms with Crippen LogP contribution in [-0.4, -0.2) is 34.8 Å². The van der Waals surface area contributed by atoms with Crippen molar-refractivity contribution in [2.45, 2.75) is 17.0 Å². The summed E-state index contributed by atoms with van der Waals surface area (Å²) in [5.74, 6) is 0.355. The van der Waals surface area contributed by atoms with E-state index in [1.807, 2.05) is 6.92 Å². The minimum Gasteiger partial charge on any atom is -0.491 e. The van der Waals surface area contributed by atoms with Gasteiger partial charge in [-0.1, -0.05) is 35.2 Å². The van der Waals surface area contributed by atoms with Crippen molar-refractivity contribution < 1.29 is 18.7 Å². The molecule has 0 fully saturated rings. The lowest BCUT2D eigenvalue weighted by Crippen LogP contribution is -2.21. The number of carbonyl (C=O) groups excluding carboxylic acids is 1. The molecule has 0 aliphatic rings. The van der Waals surface area contributed by atoms with Crippen LogP contribution in [0.2, 0.25) is 0 Å². The fourth-order valence-corrected chi connectivity index (χ4v) is 3.89. The summed E-state index contributed by atoms with van der Waals surface area (Å²) in [6.07, 6.45) is 1.53. The summed E-state index contributed by atoms with van der Waals surface area (Å²) in [7, 11) is 1.49. The number of rotatable bonds is 8. The minimum atomic E-state index is -0.511. The van der Waals surface area contributed by atoms with Crippen molar-refractivity contribution in [1.82, 2.24) is 15.2 Å². The maximum atomic E-state index is 13.6. The Kier molecular flexibility index (Phi) is 6.77. The number of nitrogens with zero attached hydrogens (tertiary/aromatic N) is 3. The molecule has 1 N–H and O–H groups in total. The predicted octanol–water partition coefficient (Wildman–Crippen LogP) is 3.70. The summed E-state index contributed by atoms with van der Waals surface area (Å²) in [5, 5.41) is 11.4. The normalized spacial score (nSPS) is 10.5. The molecule has 2 aromatic heterocycles. The molecule has 10 heteroatoms. The van der Waals surface area contributed by atoms with Gasteiger partial charge in [0.05, 0.1) is 24.7 Å². The van der Waals surface area contributed by atoms with Crippen LogP contribution < -0.4 is 14.8 Å². The number of thioether (sulfide) groups is 1. The van der Waals surface area contributed by atoms with Crippen LogP contribution in [0.15, 0.2) is 40.9 Å². The Morgan fingerprint density at radius 1 is 1.29 bits per heavy atom. The zero-order chi connectivity index (χ0) is 19.9. The number of aromatic nitrogens is 3. The largest absolute Gasteiger partial charge is 0.491 e. The van der Waals surface area contributed by atoms with E-state index < -0.39 is 11.7 Å². The van der Waals surface area contributed by atoms with Crippen LogP contribution >= 0.6 is 23.1 Å². The van der Waals surface area contributed by atoms with Gasteiger partial charge in [-0.25, -0.2) is 4.39 Å². The molecule has 0 saturated heterocycles. The number of carbonyl (C=O) groups is 1. The molecule has 1 aromatic carbocycles. The highest BCUT2D eigenvalue weighted by molar-refractivity contribution is 8.00. The van der Waals surface area contributed by atoms with E-state index in [2.05, 4.69) is 20.5 Å². The van der Waals surface area contributed by atoms with E-state index in [0.29, 0.717) is 17.3 Å². The fourth-order valence-electron chi connectivity index (χ4n) is 2.17. The molecule has 0 saturated carbocycles. The topological polar surface area (TPSA) is 86.2 Å². The van der Waals surface area contributed by atoms with E-state index >= 15 is 0 Å². The Labute approximate surface area is 169 Å². The third-order valence-electron chi connectivity index (χ3n) is 3.47. The summed E-state index contributed by atoms with van der Waals surface area (Å²) >= 11 is 3.02. The number of ether oxygens (including phenoxy) is 2. The number of aryl methyl sites for hydroxylation is 1. The average Bonchev–Trinajstić information content (AvgIpc) is 3.12. The number of hydrogen-bond donors (Lipinski definition) is 1. The third-order valence-corrected chi connectivity index (χ3v) is 5.47. The first-order chi connectivity index (χ1) is 13.5. The van der Waals surface area contributed by atoms with Gasteiger partial charge in [0, 0.05) is 11.8 Å². The van der Waals surface area contributed by atoms with Crippen LogP contribution in [0.4, 0.5) is 10.1 Å². The summed E-state index contributed by atoms with van der Waals surface area (Å²) in [5.41, 5.74) is 0.838. The molecule has 3 aromatic rings. The van der Waals surface area contributed by atoms with Crippen LogP contribution in [0.3, 0.4) is 0 Å². The molecular weight excluding hydrogens is 403 g/mol. The monoisotopic (exact) mass is 420 g/mol. The van der Waals surface area contributed by atoms with Crippen molar-refractivity contribution in [3.8, 4) is 11.5 Å². The lowest BCUT2D eigenvalue weighted by molar-refractivity contribution is -0.118. The molecule has 0 aliphatic carbocycles. The quantitative estimate of drug-likeness (QED) is 0.556. The molecule has 0 aliphatic heterocycles. The van der Waals surface area contributed by atoms with Crippen LogP contribution in [0.25, 0.3) is 0 Å². The highest BCUT2D eigenvalue weighted by Crippen LogP contribution is 2.30. The fraction of sp³-hybridized carbons (Fsp3) is 0.222. The van der Waals surface area contributed by atoms with Gasteiger partial charge in [-0.15, -0.1) is 10.2 Å². The molecule has 1 amide bonds. The summed E-state index contributed by atoms with van der Waals surface area (Å²) in [6, 6.07) is 7.63. The van der Waals surface area contributed by atoms with Gasteiger partial charge in [-0.2, -0.15) is 0 Å². The average molecular weight is 420 g/mol. The van der Waals surface area contributed by atoms with Crippen LogP contribution in [0, 0.1) is 12.7 Å². The van der Waals surface area contributed by atoms with Crippen molar-refractivity contribution >= 4 is 34.7 Å². The molecular formula is C18H17FN4O3S2. The lowest BCUT2D eigenvalue weighted by atomic mass is 10.3. The molecule has 0 unspecified atom stereocenters. The van der Waals surface area contributed by atoms with E-state index in [1.54, 1.807) is 18.2 Å². The molecule has 2 heterocycles. The highest BCUT2D eigenvalue weighted by Gasteiger charge is 2.12. The molecule has 3 rings (SSSR count). The molecule has 146 valence electrons. The molecule has 28 heavy (non-hydrogen) atoms. The van der Waals surface area contributed by atoms with Gasteiger partial charge in [-0.3, -0.25) is 9.78 Å². The number of anilines is 1.